The van der Waals surface area contributed by atoms with E-state index in [-0.39, 0.29) is 16.6 Å². The highest BCUT2D eigenvalue weighted by Gasteiger charge is 2.31. The summed E-state index contributed by atoms with van der Waals surface area (Å²) < 4.78 is 37.9. The van der Waals surface area contributed by atoms with E-state index in [4.69, 9.17) is 11.6 Å². The number of nitrogens with zero attached hydrogens (tertiary/aromatic N) is 3. The first kappa shape index (κ1) is 19.4. The van der Waals surface area contributed by atoms with Gasteiger partial charge in [-0.3, -0.25) is 4.79 Å². The van der Waals surface area contributed by atoms with Crippen LogP contribution in [0.4, 0.5) is 19.0 Å². The van der Waals surface area contributed by atoms with Gasteiger partial charge < -0.3 is 5.32 Å². The summed E-state index contributed by atoms with van der Waals surface area (Å²) in [6, 6.07) is 8.08. The number of pyridine rings is 1. The average molecular weight is 413 g/mol. The Bertz CT molecular complexity index is 1010. The summed E-state index contributed by atoms with van der Waals surface area (Å²) in [7, 11) is 0. The summed E-state index contributed by atoms with van der Waals surface area (Å²) in [5.41, 5.74) is 1.15. The number of carbonyl (C=O) groups is 1. The number of hydrogen-bond donors (Lipinski definition) is 1. The monoisotopic (exact) mass is 412 g/mol. The number of thioether (sulfide) groups is 1. The van der Waals surface area contributed by atoms with Crippen molar-refractivity contribution in [1.29, 1.82) is 0 Å². The Morgan fingerprint density at radius 3 is 2.52 bits per heavy atom. The predicted molar refractivity (Wildman–Crippen MR) is 97.9 cm³/mol. The van der Waals surface area contributed by atoms with Crippen molar-refractivity contribution in [2.75, 3.05) is 11.1 Å². The lowest BCUT2D eigenvalue weighted by molar-refractivity contribution is -0.137. The van der Waals surface area contributed by atoms with Gasteiger partial charge in [0.1, 0.15) is 5.03 Å². The molecule has 3 rings (SSSR count). The van der Waals surface area contributed by atoms with Crippen LogP contribution in [0.25, 0.3) is 11.0 Å². The smallest absolute Gasteiger partial charge is 0.309 e. The quantitative estimate of drug-likeness (QED) is 0.627. The molecule has 1 aromatic carbocycles. The fourth-order valence-electron chi connectivity index (χ4n) is 2.20. The Morgan fingerprint density at radius 1 is 1.22 bits per heavy atom. The lowest BCUT2D eigenvalue weighted by Crippen LogP contribution is -2.16. The maximum atomic E-state index is 12.6. The minimum Gasteiger partial charge on any atom is -0.309 e. The molecular weight excluding hydrogens is 401 g/mol. The first-order chi connectivity index (χ1) is 12.7. The van der Waals surface area contributed by atoms with E-state index in [0.717, 1.165) is 11.6 Å². The first-order valence-corrected chi connectivity index (χ1v) is 8.99. The third-order valence-corrected chi connectivity index (χ3v) is 4.82. The van der Waals surface area contributed by atoms with Crippen LogP contribution in [0.1, 0.15) is 11.3 Å². The van der Waals surface area contributed by atoms with E-state index in [0.29, 0.717) is 22.4 Å². The molecule has 0 bridgehead atoms. The molecular formula is C17H12ClF3N4OS. The van der Waals surface area contributed by atoms with E-state index >= 15 is 0 Å². The van der Waals surface area contributed by atoms with Crippen LogP contribution in [0.15, 0.2) is 41.6 Å². The number of alkyl halides is 3. The largest absolute Gasteiger partial charge is 0.417 e. The van der Waals surface area contributed by atoms with Gasteiger partial charge >= 0.3 is 6.18 Å². The second-order valence-corrected chi connectivity index (χ2v) is 6.86. The van der Waals surface area contributed by atoms with Crippen molar-refractivity contribution in [3.8, 4) is 0 Å². The van der Waals surface area contributed by atoms with E-state index in [9.17, 15) is 18.0 Å². The molecule has 0 spiro atoms. The van der Waals surface area contributed by atoms with Gasteiger partial charge in [-0.05, 0) is 25.1 Å². The van der Waals surface area contributed by atoms with Crippen molar-refractivity contribution < 1.29 is 18.0 Å². The molecule has 5 nitrogen and oxygen atoms in total. The van der Waals surface area contributed by atoms with Crippen LogP contribution < -0.4 is 5.32 Å². The van der Waals surface area contributed by atoms with E-state index in [1.807, 2.05) is 24.3 Å². The predicted octanol–water partition coefficient (Wildman–Crippen LogP) is 4.74. The van der Waals surface area contributed by atoms with E-state index in [1.165, 1.54) is 11.8 Å². The number of carbonyl (C=O) groups excluding carboxylic acids is 1. The third kappa shape index (κ3) is 4.67. The number of para-hydroxylation sites is 2. The standard InChI is InChI=1S/C17H12ClF3N4OS/c1-9-16(24-13-5-3-2-4-12(13)23-9)27-8-14(26)25-15-11(18)6-10(7-22-15)17(19,20)21/h2-7H,8H2,1H3,(H,22,25,26). The zero-order chi connectivity index (χ0) is 19.6. The number of rotatable bonds is 4. The molecule has 2 heterocycles. The molecule has 0 radical (unpaired) electrons. The number of nitrogens with one attached hydrogen (secondary N) is 1. The van der Waals surface area contributed by atoms with Crippen molar-refractivity contribution in [3.63, 3.8) is 0 Å². The highest BCUT2D eigenvalue weighted by Crippen LogP contribution is 2.32. The lowest BCUT2D eigenvalue weighted by Gasteiger charge is -2.10. The van der Waals surface area contributed by atoms with Crippen LogP contribution in [0.5, 0.6) is 0 Å². The normalized spacial score (nSPS) is 11.6. The molecule has 0 aliphatic rings. The number of hydrogen-bond acceptors (Lipinski definition) is 5. The molecule has 140 valence electrons. The Balaban J connectivity index is 1.67. The molecule has 0 unspecified atom stereocenters. The molecule has 2 aromatic heterocycles. The van der Waals surface area contributed by atoms with Crippen molar-refractivity contribution in [2.45, 2.75) is 18.1 Å². The first-order valence-electron chi connectivity index (χ1n) is 7.63. The minimum atomic E-state index is -4.55. The summed E-state index contributed by atoms with van der Waals surface area (Å²) in [5, 5.41) is 2.70. The highest BCUT2D eigenvalue weighted by atomic mass is 35.5. The van der Waals surface area contributed by atoms with Gasteiger partial charge in [0.2, 0.25) is 5.91 Å². The van der Waals surface area contributed by atoms with Gasteiger partial charge in [0.15, 0.2) is 5.82 Å². The molecule has 1 amide bonds. The molecule has 10 heteroatoms. The Hall–Kier alpha value is -2.39. The van der Waals surface area contributed by atoms with Crippen molar-refractivity contribution in [1.82, 2.24) is 15.0 Å². The van der Waals surface area contributed by atoms with Gasteiger partial charge in [0.25, 0.3) is 0 Å². The third-order valence-electron chi connectivity index (χ3n) is 3.47. The zero-order valence-electron chi connectivity index (χ0n) is 13.8. The minimum absolute atomic E-state index is 0.0209. The van der Waals surface area contributed by atoms with Crippen LogP contribution in [0.3, 0.4) is 0 Å². The van der Waals surface area contributed by atoms with E-state index in [2.05, 4.69) is 20.3 Å². The van der Waals surface area contributed by atoms with Gasteiger partial charge in [0.05, 0.1) is 33.1 Å². The Morgan fingerprint density at radius 2 is 1.89 bits per heavy atom. The number of anilines is 1. The fourth-order valence-corrected chi connectivity index (χ4v) is 3.17. The van der Waals surface area contributed by atoms with Crippen molar-refractivity contribution in [3.05, 3.63) is 52.8 Å². The van der Waals surface area contributed by atoms with E-state index < -0.39 is 17.6 Å². The van der Waals surface area contributed by atoms with Gasteiger partial charge in [-0.2, -0.15) is 13.2 Å². The van der Waals surface area contributed by atoms with Gasteiger partial charge in [-0.15, -0.1) is 0 Å². The second-order valence-electron chi connectivity index (χ2n) is 5.49. The zero-order valence-corrected chi connectivity index (χ0v) is 15.4. The van der Waals surface area contributed by atoms with Gasteiger partial charge in [-0.25, -0.2) is 15.0 Å². The molecule has 0 fully saturated rings. The lowest BCUT2D eigenvalue weighted by atomic mass is 10.3. The summed E-state index contributed by atoms with van der Waals surface area (Å²) in [4.78, 5) is 24.6. The Labute approximate surface area is 161 Å². The number of fused-ring (bicyclic) bond motifs is 1. The van der Waals surface area contributed by atoms with Crippen LogP contribution >= 0.6 is 23.4 Å². The van der Waals surface area contributed by atoms with Gasteiger partial charge in [-0.1, -0.05) is 35.5 Å². The molecule has 0 aliphatic heterocycles. The molecule has 0 aliphatic carbocycles. The number of aromatic nitrogens is 3. The fraction of sp³-hybridized carbons (Fsp3) is 0.176. The highest BCUT2D eigenvalue weighted by molar-refractivity contribution is 8.00. The number of halogens is 4. The Kier molecular flexibility index (Phi) is 5.52. The van der Waals surface area contributed by atoms with E-state index in [1.54, 1.807) is 6.92 Å². The van der Waals surface area contributed by atoms with Crippen LogP contribution in [0.2, 0.25) is 5.02 Å². The molecule has 0 saturated heterocycles. The van der Waals surface area contributed by atoms with Crippen molar-refractivity contribution >= 4 is 46.1 Å². The number of amides is 1. The molecule has 0 atom stereocenters. The summed E-state index contributed by atoms with van der Waals surface area (Å²) in [5.74, 6) is -0.618. The van der Waals surface area contributed by atoms with Crippen LogP contribution in [-0.2, 0) is 11.0 Å². The summed E-state index contributed by atoms with van der Waals surface area (Å²) >= 11 is 6.95. The summed E-state index contributed by atoms with van der Waals surface area (Å²) in [6.45, 7) is 1.79. The number of benzene rings is 1. The van der Waals surface area contributed by atoms with Crippen molar-refractivity contribution in [2.24, 2.45) is 0 Å². The second kappa shape index (κ2) is 7.69. The maximum Gasteiger partial charge on any atom is 0.417 e. The van der Waals surface area contributed by atoms with Crippen LogP contribution in [0, 0.1) is 6.92 Å². The topological polar surface area (TPSA) is 67.8 Å². The molecule has 27 heavy (non-hydrogen) atoms. The SMILES string of the molecule is Cc1nc2ccccc2nc1SCC(=O)Nc1ncc(C(F)(F)F)cc1Cl. The molecule has 3 aromatic rings. The number of aryl methyl sites for hydroxylation is 1. The summed E-state index contributed by atoms with van der Waals surface area (Å²) in [6.07, 6.45) is -3.94. The molecule has 1 N–H and O–H groups in total. The van der Waals surface area contributed by atoms with Gasteiger partial charge in [0, 0.05) is 6.20 Å². The molecule has 0 saturated carbocycles. The maximum absolute atomic E-state index is 12.6. The van der Waals surface area contributed by atoms with Crippen LogP contribution in [-0.4, -0.2) is 26.6 Å². The average Bonchev–Trinajstić information content (AvgIpc) is 2.60.